The Balaban J connectivity index is 2.50. The van der Waals surface area contributed by atoms with Crippen LogP contribution >= 0.6 is 0 Å². The van der Waals surface area contributed by atoms with Gasteiger partial charge in [-0.3, -0.25) is 14.9 Å². The number of hydrogen-bond acceptors (Lipinski definition) is 7. The summed E-state index contributed by atoms with van der Waals surface area (Å²) in [6, 6.07) is 8.59. The Morgan fingerprint density at radius 1 is 1.07 bits per heavy atom. The van der Waals surface area contributed by atoms with Crippen molar-refractivity contribution >= 4 is 11.6 Å². The predicted octanol–water partition coefficient (Wildman–Crippen LogP) is 3.29. The van der Waals surface area contributed by atoms with E-state index in [0.29, 0.717) is 12.4 Å². The maximum Gasteiger partial charge on any atom is 0.327 e. The largest absolute Gasteiger partial charge is 0.494 e. The second kappa shape index (κ2) is 9.63. The Bertz CT molecular complexity index is 899. The molecule has 0 radical (unpaired) electrons. The lowest BCUT2D eigenvalue weighted by molar-refractivity contribution is -0.386. The van der Waals surface area contributed by atoms with E-state index in [1.165, 1.54) is 32.3 Å². The van der Waals surface area contributed by atoms with Crippen LogP contribution in [0.4, 0.5) is 5.69 Å². The number of nitro groups is 1. The average molecular weight is 404 g/mol. The minimum Gasteiger partial charge on any atom is -0.494 e. The summed E-state index contributed by atoms with van der Waals surface area (Å²) >= 11 is 0. The summed E-state index contributed by atoms with van der Waals surface area (Å²) in [7, 11) is 5.53. The molecular weight excluding hydrogens is 380 g/mol. The van der Waals surface area contributed by atoms with Gasteiger partial charge in [0.05, 0.1) is 32.9 Å². The molecule has 0 N–H and O–H groups in total. The highest BCUT2D eigenvalue weighted by molar-refractivity contribution is 6.00. The van der Waals surface area contributed by atoms with Gasteiger partial charge in [-0.05, 0) is 13.0 Å². The van der Waals surface area contributed by atoms with E-state index in [9.17, 15) is 14.9 Å². The predicted molar refractivity (Wildman–Crippen MR) is 106 cm³/mol. The van der Waals surface area contributed by atoms with Gasteiger partial charge in [-0.1, -0.05) is 18.2 Å². The van der Waals surface area contributed by atoms with E-state index in [4.69, 9.17) is 18.9 Å². The molecular formula is C20H24N2O7. The van der Waals surface area contributed by atoms with E-state index in [1.54, 1.807) is 13.1 Å². The van der Waals surface area contributed by atoms with Crippen LogP contribution in [0, 0.1) is 10.1 Å². The van der Waals surface area contributed by atoms with Gasteiger partial charge in [-0.25, -0.2) is 0 Å². The Morgan fingerprint density at radius 2 is 1.72 bits per heavy atom. The number of benzene rings is 2. The summed E-state index contributed by atoms with van der Waals surface area (Å²) in [5.41, 5.74) is 0.126. The molecule has 0 unspecified atom stereocenters. The first-order valence-corrected chi connectivity index (χ1v) is 8.83. The van der Waals surface area contributed by atoms with Crippen molar-refractivity contribution in [1.82, 2.24) is 4.90 Å². The highest BCUT2D eigenvalue weighted by Crippen LogP contribution is 2.46. The van der Waals surface area contributed by atoms with Gasteiger partial charge in [0.25, 0.3) is 5.91 Å². The van der Waals surface area contributed by atoms with E-state index in [-0.39, 0.29) is 29.4 Å². The van der Waals surface area contributed by atoms with Gasteiger partial charge in [0.2, 0.25) is 11.5 Å². The van der Waals surface area contributed by atoms with Crippen LogP contribution in [0.15, 0.2) is 30.3 Å². The number of hydrogen-bond donors (Lipinski definition) is 0. The first-order valence-electron chi connectivity index (χ1n) is 8.83. The minimum absolute atomic E-state index is 0.0441. The number of carbonyl (C=O) groups excluding carboxylic acids is 1. The van der Waals surface area contributed by atoms with Crippen molar-refractivity contribution in [2.24, 2.45) is 0 Å². The van der Waals surface area contributed by atoms with E-state index in [1.807, 2.05) is 25.1 Å². The maximum atomic E-state index is 13.1. The normalized spacial score (nSPS) is 10.2. The van der Waals surface area contributed by atoms with Crippen molar-refractivity contribution < 1.29 is 28.7 Å². The van der Waals surface area contributed by atoms with Gasteiger partial charge in [0.1, 0.15) is 11.3 Å². The summed E-state index contributed by atoms with van der Waals surface area (Å²) < 4.78 is 21.2. The zero-order chi connectivity index (χ0) is 21.6. The van der Waals surface area contributed by atoms with Crippen molar-refractivity contribution in [3.8, 4) is 23.0 Å². The van der Waals surface area contributed by atoms with Gasteiger partial charge in [-0.15, -0.1) is 0 Å². The fraction of sp³-hybridized carbons (Fsp3) is 0.350. The average Bonchev–Trinajstić information content (AvgIpc) is 2.72. The van der Waals surface area contributed by atoms with Crippen LogP contribution in [0.5, 0.6) is 23.0 Å². The second-order valence-electron chi connectivity index (χ2n) is 6.00. The highest BCUT2D eigenvalue weighted by Gasteiger charge is 2.33. The maximum absolute atomic E-state index is 13.1. The summed E-state index contributed by atoms with van der Waals surface area (Å²) in [5.74, 6) is 0.101. The highest BCUT2D eigenvalue weighted by atomic mass is 16.6. The minimum atomic E-state index is -0.671. The third kappa shape index (κ3) is 4.50. The molecule has 1 amide bonds. The molecule has 0 bridgehead atoms. The summed E-state index contributed by atoms with van der Waals surface area (Å²) in [5, 5.41) is 11.7. The number of carbonyl (C=O) groups is 1. The van der Waals surface area contributed by atoms with Crippen molar-refractivity contribution in [3.05, 3.63) is 51.6 Å². The molecule has 2 aromatic rings. The fourth-order valence-corrected chi connectivity index (χ4v) is 2.95. The number of methoxy groups -OCH3 is 3. The summed E-state index contributed by atoms with van der Waals surface area (Å²) in [6.07, 6.45) is 0. The molecule has 9 heteroatoms. The zero-order valence-corrected chi connectivity index (χ0v) is 17.1. The van der Waals surface area contributed by atoms with E-state index in [0.717, 1.165) is 5.56 Å². The summed E-state index contributed by atoms with van der Waals surface area (Å²) in [6.45, 7) is 2.54. The molecule has 156 valence electrons. The monoisotopic (exact) mass is 404 g/mol. The molecule has 0 saturated heterocycles. The molecule has 9 nitrogen and oxygen atoms in total. The van der Waals surface area contributed by atoms with Crippen LogP contribution in [0.2, 0.25) is 0 Å². The third-order valence-electron chi connectivity index (χ3n) is 4.24. The quantitative estimate of drug-likeness (QED) is 0.467. The molecule has 0 spiro atoms. The van der Waals surface area contributed by atoms with Crippen LogP contribution in [0.1, 0.15) is 22.8 Å². The van der Waals surface area contributed by atoms with Crippen molar-refractivity contribution in [3.63, 3.8) is 0 Å². The molecule has 0 aliphatic rings. The first-order chi connectivity index (χ1) is 13.9. The lowest BCUT2D eigenvalue weighted by Crippen LogP contribution is -2.27. The first kappa shape index (κ1) is 21.8. The van der Waals surface area contributed by atoms with Crippen LogP contribution in [-0.2, 0) is 6.54 Å². The van der Waals surface area contributed by atoms with Crippen molar-refractivity contribution in [2.75, 3.05) is 35.0 Å². The van der Waals surface area contributed by atoms with Crippen LogP contribution in [-0.4, -0.2) is 50.7 Å². The number of para-hydroxylation sites is 1. The molecule has 0 aromatic heterocycles. The standard InChI is InChI=1S/C20H24N2O7/c1-6-29-15-10-8-7-9-13(15)12-21(2)20(23)14-11-16(26-3)18(27-4)19(28-5)17(14)22(24)25/h7-11H,6,12H2,1-5H3. The Hall–Kier alpha value is -3.49. The second-order valence-corrected chi connectivity index (χ2v) is 6.00. The molecule has 29 heavy (non-hydrogen) atoms. The number of nitrogens with zero attached hydrogens (tertiary/aromatic N) is 2. The number of rotatable bonds is 9. The fourth-order valence-electron chi connectivity index (χ4n) is 2.95. The molecule has 0 aliphatic carbocycles. The molecule has 2 rings (SSSR count). The molecule has 0 heterocycles. The summed E-state index contributed by atoms with van der Waals surface area (Å²) in [4.78, 5) is 25.5. The van der Waals surface area contributed by atoms with Crippen molar-refractivity contribution in [1.29, 1.82) is 0 Å². The van der Waals surface area contributed by atoms with Crippen LogP contribution < -0.4 is 18.9 Å². The molecule has 0 atom stereocenters. The van der Waals surface area contributed by atoms with E-state index >= 15 is 0 Å². The Kier molecular flexibility index (Phi) is 7.24. The zero-order valence-electron chi connectivity index (χ0n) is 17.1. The Labute approximate surface area is 168 Å². The lowest BCUT2D eigenvalue weighted by Gasteiger charge is -2.21. The van der Waals surface area contributed by atoms with Crippen LogP contribution in [0.3, 0.4) is 0 Å². The van der Waals surface area contributed by atoms with Gasteiger partial charge >= 0.3 is 5.69 Å². The lowest BCUT2D eigenvalue weighted by atomic mass is 10.1. The number of ether oxygens (including phenoxy) is 4. The third-order valence-corrected chi connectivity index (χ3v) is 4.24. The molecule has 0 saturated carbocycles. The van der Waals surface area contributed by atoms with Gasteiger partial charge in [-0.2, -0.15) is 0 Å². The number of amides is 1. The van der Waals surface area contributed by atoms with Gasteiger partial charge < -0.3 is 23.8 Å². The Morgan fingerprint density at radius 3 is 2.28 bits per heavy atom. The van der Waals surface area contributed by atoms with E-state index in [2.05, 4.69) is 0 Å². The van der Waals surface area contributed by atoms with Crippen LogP contribution in [0.25, 0.3) is 0 Å². The molecule has 0 fully saturated rings. The topological polar surface area (TPSA) is 100 Å². The number of nitro benzene ring substituents is 1. The smallest absolute Gasteiger partial charge is 0.327 e. The van der Waals surface area contributed by atoms with Gasteiger partial charge in [0.15, 0.2) is 5.75 Å². The molecule has 0 aliphatic heterocycles. The molecule has 2 aromatic carbocycles. The van der Waals surface area contributed by atoms with E-state index < -0.39 is 16.5 Å². The SMILES string of the molecule is CCOc1ccccc1CN(C)C(=O)c1cc(OC)c(OC)c(OC)c1[N+](=O)[O-]. The van der Waals surface area contributed by atoms with Gasteiger partial charge in [0, 0.05) is 25.2 Å². The van der Waals surface area contributed by atoms with Crippen molar-refractivity contribution in [2.45, 2.75) is 13.5 Å².